The Balaban J connectivity index is 1.21. The van der Waals surface area contributed by atoms with Crippen molar-refractivity contribution in [2.45, 2.75) is 36.8 Å². The average molecular weight is 501 g/mol. The van der Waals surface area contributed by atoms with Gasteiger partial charge in [-0.15, -0.1) is 0 Å². The van der Waals surface area contributed by atoms with Crippen LogP contribution in [0.25, 0.3) is 22.2 Å². The molecule has 0 unspecified atom stereocenters. The third-order valence-corrected chi connectivity index (χ3v) is 8.28. The fourth-order valence-electron chi connectivity index (χ4n) is 4.38. The molecule has 1 fully saturated rings. The number of hydrogen-bond donors (Lipinski definition) is 1. The third kappa shape index (κ3) is 4.59. The van der Waals surface area contributed by atoms with Gasteiger partial charge in [0.25, 0.3) is 5.91 Å². The number of carbonyl (C=O) groups excluding carboxylic acids is 1. The van der Waals surface area contributed by atoms with Gasteiger partial charge in [0.05, 0.1) is 58.6 Å². The molecule has 1 amide bonds. The Morgan fingerprint density at radius 1 is 1.06 bits per heavy atom. The van der Waals surface area contributed by atoms with E-state index in [0.29, 0.717) is 17.3 Å². The molecule has 1 aliphatic carbocycles. The molecular formula is C27H24N4O4S. The molecular weight excluding hydrogens is 476 g/mol. The first-order valence-electron chi connectivity index (χ1n) is 11.9. The zero-order chi connectivity index (χ0) is 24.7. The van der Waals surface area contributed by atoms with Gasteiger partial charge in [0.2, 0.25) is 0 Å². The molecule has 2 aliphatic rings. The summed E-state index contributed by atoms with van der Waals surface area (Å²) in [5, 5.41) is 3.72. The minimum Gasteiger partial charge on any atom is -0.374 e. The van der Waals surface area contributed by atoms with Crippen molar-refractivity contribution in [1.82, 2.24) is 20.3 Å². The number of pyridine rings is 3. The molecule has 1 aromatic carbocycles. The highest BCUT2D eigenvalue weighted by Gasteiger charge is 2.25. The highest BCUT2D eigenvalue weighted by Crippen LogP contribution is 2.41. The van der Waals surface area contributed by atoms with Crippen LogP contribution in [0.2, 0.25) is 0 Å². The van der Waals surface area contributed by atoms with Crippen molar-refractivity contribution in [3.05, 3.63) is 83.4 Å². The van der Waals surface area contributed by atoms with Gasteiger partial charge in [-0.2, -0.15) is 0 Å². The van der Waals surface area contributed by atoms with E-state index in [-0.39, 0.29) is 36.0 Å². The second-order valence-corrected chi connectivity index (χ2v) is 11.3. The van der Waals surface area contributed by atoms with Crippen molar-refractivity contribution in [2.24, 2.45) is 0 Å². The highest BCUT2D eigenvalue weighted by atomic mass is 32.2. The van der Waals surface area contributed by atoms with Crippen LogP contribution in [0.4, 0.5) is 0 Å². The number of nitrogens with one attached hydrogen (secondary N) is 1. The Kier molecular flexibility index (Phi) is 5.73. The quantitative estimate of drug-likeness (QED) is 0.444. The highest BCUT2D eigenvalue weighted by molar-refractivity contribution is 7.91. The second-order valence-electron chi connectivity index (χ2n) is 9.19. The number of aromatic nitrogens is 3. The van der Waals surface area contributed by atoms with Crippen LogP contribution < -0.4 is 5.32 Å². The molecule has 0 spiro atoms. The van der Waals surface area contributed by atoms with Gasteiger partial charge < -0.3 is 10.1 Å². The van der Waals surface area contributed by atoms with E-state index in [0.717, 1.165) is 22.2 Å². The predicted octanol–water partition coefficient (Wildman–Crippen LogP) is 3.80. The molecule has 3 aromatic heterocycles. The normalized spacial score (nSPS) is 16.8. The van der Waals surface area contributed by atoms with Crippen LogP contribution in [0.1, 0.15) is 46.1 Å². The molecule has 4 heterocycles. The van der Waals surface area contributed by atoms with E-state index in [1.807, 2.05) is 18.2 Å². The molecule has 36 heavy (non-hydrogen) atoms. The Morgan fingerprint density at radius 3 is 2.81 bits per heavy atom. The van der Waals surface area contributed by atoms with Crippen LogP contribution in [0.5, 0.6) is 0 Å². The van der Waals surface area contributed by atoms with Crippen LogP contribution in [0.3, 0.4) is 0 Å². The summed E-state index contributed by atoms with van der Waals surface area (Å²) in [4.78, 5) is 26.3. The van der Waals surface area contributed by atoms with E-state index >= 15 is 0 Å². The number of benzene rings is 1. The van der Waals surface area contributed by atoms with Gasteiger partial charge in [0, 0.05) is 23.3 Å². The molecule has 9 heteroatoms. The molecule has 8 nitrogen and oxygen atoms in total. The van der Waals surface area contributed by atoms with Gasteiger partial charge in [-0.25, -0.2) is 13.4 Å². The maximum atomic E-state index is 12.8. The van der Waals surface area contributed by atoms with Crippen LogP contribution >= 0.6 is 0 Å². The summed E-state index contributed by atoms with van der Waals surface area (Å²) in [6, 6.07) is 15.8. The number of carbonyl (C=O) groups is 1. The Labute approximate surface area is 208 Å². The number of hydrogen-bond acceptors (Lipinski definition) is 7. The van der Waals surface area contributed by atoms with E-state index in [2.05, 4.69) is 39.6 Å². The van der Waals surface area contributed by atoms with Crippen molar-refractivity contribution in [1.29, 1.82) is 0 Å². The Bertz CT molecular complexity index is 1600. The molecule has 182 valence electrons. The minimum absolute atomic E-state index is 0.0546. The number of ether oxygens (including phenoxy) is 1. The number of sulfone groups is 1. The maximum absolute atomic E-state index is 12.8. The van der Waals surface area contributed by atoms with Crippen LogP contribution in [-0.4, -0.2) is 41.6 Å². The van der Waals surface area contributed by atoms with Gasteiger partial charge in [-0.3, -0.25) is 14.8 Å². The topological polar surface area (TPSA) is 111 Å². The molecule has 1 aliphatic heterocycles. The summed E-state index contributed by atoms with van der Waals surface area (Å²) in [5.41, 5.74) is 5.29. The average Bonchev–Trinajstić information content (AvgIpc) is 3.76. The molecule has 0 radical (unpaired) electrons. The smallest absolute Gasteiger partial charge is 0.253 e. The Hall–Kier alpha value is -3.69. The second kappa shape index (κ2) is 9.07. The van der Waals surface area contributed by atoms with E-state index in [9.17, 15) is 13.2 Å². The summed E-state index contributed by atoms with van der Waals surface area (Å²) in [6.07, 6.45) is 5.61. The first-order chi connectivity index (χ1) is 17.5. The van der Waals surface area contributed by atoms with Crippen molar-refractivity contribution < 1.29 is 17.9 Å². The first-order valence-corrected chi connectivity index (χ1v) is 13.6. The molecule has 0 bridgehead atoms. The zero-order valence-corrected chi connectivity index (χ0v) is 20.3. The van der Waals surface area contributed by atoms with Crippen molar-refractivity contribution in [3.63, 3.8) is 0 Å². The fraction of sp³-hybridized carbons (Fsp3) is 0.259. The van der Waals surface area contributed by atoms with E-state index in [4.69, 9.17) is 9.72 Å². The van der Waals surface area contributed by atoms with Crippen LogP contribution in [0.15, 0.2) is 65.8 Å². The molecule has 4 aromatic rings. The lowest BCUT2D eigenvalue weighted by molar-refractivity contribution is 0.0949. The van der Waals surface area contributed by atoms with Gasteiger partial charge in [0.15, 0.2) is 9.84 Å². The van der Waals surface area contributed by atoms with Gasteiger partial charge in [0.1, 0.15) is 0 Å². The predicted molar refractivity (Wildman–Crippen MR) is 134 cm³/mol. The lowest BCUT2D eigenvalue weighted by atomic mass is 10.0. The van der Waals surface area contributed by atoms with E-state index in [1.54, 1.807) is 6.20 Å². The standard InChI is InChI=1S/C27H24N4O4S/c32-27(21-11-26-25(29-14-21)16-35-8-9-36(26,33)34)30-15-22-12-24-20(13-28-22)6-7-23(31-24)19-3-1-2-18(10-19)17-4-5-17/h1-3,6-7,10-14,17H,4-5,8-9,15-16H2,(H,30,32). The van der Waals surface area contributed by atoms with Crippen LogP contribution in [0, 0.1) is 0 Å². The summed E-state index contributed by atoms with van der Waals surface area (Å²) < 4.78 is 30.3. The summed E-state index contributed by atoms with van der Waals surface area (Å²) >= 11 is 0. The summed E-state index contributed by atoms with van der Waals surface area (Å²) in [7, 11) is -3.55. The van der Waals surface area contributed by atoms with E-state index < -0.39 is 15.7 Å². The van der Waals surface area contributed by atoms with Crippen LogP contribution in [-0.2, 0) is 27.7 Å². The largest absolute Gasteiger partial charge is 0.374 e. The third-order valence-electron chi connectivity index (χ3n) is 6.55. The number of amides is 1. The Morgan fingerprint density at radius 2 is 1.94 bits per heavy atom. The summed E-state index contributed by atoms with van der Waals surface area (Å²) in [6.45, 7) is 0.387. The zero-order valence-electron chi connectivity index (χ0n) is 19.5. The SMILES string of the molecule is O=C(NCc1cc2nc(-c3cccc(C4CC4)c3)ccc2cn1)c1cnc2c(c1)S(=O)(=O)CCOC2. The number of nitrogens with zero attached hydrogens (tertiary/aromatic N) is 3. The maximum Gasteiger partial charge on any atom is 0.253 e. The first kappa shape index (κ1) is 22.8. The lowest BCUT2D eigenvalue weighted by Crippen LogP contribution is -2.24. The minimum atomic E-state index is -3.55. The number of rotatable bonds is 5. The molecule has 0 saturated heterocycles. The van der Waals surface area contributed by atoms with Gasteiger partial charge in [-0.05, 0) is 54.7 Å². The van der Waals surface area contributed by atoms with E-state index in [1.165, 1.54) is 30.7 Å². The van der Waals surface area contributed by atoms with Gasteiger partial charge >= 0.3 is 0 Å². The number of fused-ring (bicyclic) bond motifs is 2. The molecule has 6 rings (SSSR count). The van der Waals surface area contributed by atoms with Crippen molar-refractivity contribution >= 4 is 26.6 Å². The molecule has 0 atom stereocenters. The molecule has 1 N–H and O–H groups in total. The van der Waals surface area contributed by atoms with Gasteiger partial charge in [-0.1, -0.05) is 18.2 Å². The molecule has 1 saturated carbocycles. The lowest BCUT2D eigenvalue weighted by Gasteiger charge is -2.09. The van der Waals surface area contributed by atoms with Crippen molar-refractivity contribution in [3.8, 4) is 11.3 Å². The fourth-order valence-corrected chi connectivity index (χ4v) is 5.71. The van der Waals surface area contributed by atoms with Crippen molar-refractivity contribution in [2.75, 3.05) is 12.4 Å². The summed E-state index contributed by atoms with van der Waals surface area (Å²) in [5.74, 6) is 0.118. The monoisotopic (exact) mass is 500 g/mol.